The van der Waals surface area contributed by atoms with E-state index in [-0.39, 0.29) is 19.4 Å². The first-order chi connectivity index (χ1) is 19.1. The molecule has 0 aliphatic carbocycles. The van der Waals surface area contributed by atoms with Gasteiger partial charge >= 0.3 is 5.97 Å². The summed E-state index contributed by atoms with van der Waals surface area (Å²) in [6.07, 6.45) is 24.3. The van der Waals surface area contributed by atoms with Crippen molar-refractivity contribution in [3.63, 3.8) is 0 Å². The zero-order valence-corrected chi connectivity index (χ0v) is 25.9. The molecule has 39 heavy (non-hydrogen) atoms. The summed E-state index contributed by atoms with van der Waals surface area (Å²) in [6, 6.07) is 0. The molecule has 0 saturated heterocycles. The molecular weight excluding hydrogens is 511 g/mol. The van der Waals surface area contributed by atoms with E-state index in [0.29, 0.717) is 12.4 Å². The molecule has 0 bridgehead atoms. The molecule has 0 spiro atoms. The van der Waals surface area contributed by atoms with Gasteiger partial charge in [0, 0.05) is 10.8 Å². The summed E-state index contributed by atoms with van der Waals surface area (Å²) in [6.45, 7) is 4.77. The van der Waals surface area contributed by atoms with Crippen molar-refractivity contribution < 1.29 is 23.4 Å². The molecule has 2 heterocycles. The van der Waals surface area contributed by atoms with Gasteiger partial charge in [-0.15, -0.1) is 11.3 Å². The highest BCUT2D eigenvalue weighted by atomic mass is 32.1. The van der Waals surface area contributed by atoms with Gasteiger partial charge in [0.1, 0.15) is 13.2 Å². The predicted octanol–water partition coefficient (Wildman–Crippen LogP) is 10.8. The van der Waals surface area contributed by atoms with E-state index in [1.54, 1.807) is 0 Å². The Labute approximate surface area is 242 Å². The summed E-state index contributed by atoms with van der Waals surface area (Å²) in [4.78, 5) is 12.9. The van der Waals surface area contributed by atoms with Crippen molar-refractivity contribution in [3.05, 3.63) is 10.8 Å². The Bertz CT molecular complexity index is 739. The maximum Gasteiger partial charge on any atom is 0.344 e. The van der Waals surface area contributed by atoms with Crippen molar-refractivity contribution in [1.82, 2.24) is 0 Å². The minimum Gasteiger partial charge on any atom is -0.485 e. The van der Waals surface area contributed by atoms with Gasteiger partial charge in [-0.05, 0) is 25.7 Å². The molecule has 1 aliphatic rings. The van der Waals surface area contributed by atoms with Crippen molar-refractivity contribution in [2.45, 2.75) is 167 Å². The van der Waals surface area contributed by atoms with Crippen molar-refractivity contribution in [2.75, 3.05) is 13.2 Å². The van der Waals surface area contributed by atoms with E-state index in [9.17, 15) is 4.79 Å². The van der Waals surface area contributed by atoms with Crippen LogP contribution in [-0.2, 0) is 9.53 Å². The first kappa shape index (κ1) is 33.9. The predicted molar refractivity (Wildman–Crippen MR) is 162 cm³/mol. The number of rotatable bonds is 25. The average Bonchev–Trinajstić information content (AvgIpc) is 3.42. The number of hydrogen-bond donors (Lipinski definition) is 0. The molecule has 4 nitrogen and oxygen atoms in total. The number of thiophene rings is 1. The molecule has 226 valence electrons. The van der Waals surface area contributed by atoms with E-state index >= 15 is 4.39 Å². The van der Waals surface area contributed by atoms with Gasteiger partial charge in [-0.25, -0.2) is 9.18 Å². The van der Waals surface area contributed by atoms with Crippen LogP contribution in [-0.4, -0.2) is 31.0 Å². The molecule has 1 aliphatic heterocycles. The van der Waals surface area contributed by atoms with Crippen LogP contribution < -0.4 is 9.47 Å². The molecule has 0 radical (unpaired) electrons. The number of esters is 1. The number of carbonyl (C=O) groups is 1. The summed E-state index contributed by atoms with van der Waals surface area (Å²) in [5.74, 6) is 0.679. The van der Waals surface area contributed by atoms with Gasteiger partial charge in [0.15, 0.2) is 17.6 Å². The molecular formula is C33H57FO4S. The van der Waals surface area contributed by atoms with Crippen molar-refractivity contribution in [1.29, 1.82) is 0 Å². The molecule has 0 saturated carbocycles. The smallest absolute Gasteiger partial charge is 0.344 e. The molecule has 1 aromatic rings. The van der Waals surface area contributed by atoms with Crippen LogP contribution in [0.1, 0.15) is 155 Å². The van der Waals surface area contributed by atoms with Crippen molar-refractivity contribution >= 4 is 17.3 Å². The molecule has 0 amide bonds. The SMILES string of the molecule is CCCCCCCCCCCCCCCCCC(F)(CCCCCCC)C(=O)OCC1COc2cscc2O1. The lowest BCUT2D eigenvalue weighted by molar-refractivity contribution is -0.162. The maximum atomic E-state index is 16.0. The Kier molecular flexibility index (Phi) is 18.6. The van der Waals surface area contributed by atoms with Gasteiger partial charge in [-0.2, -0.15) is 0 Å². The number of carbonyl (C=O) groups excluding carboxylic acids is 1. The maximum absolute atomic E-state index is 16.0. The number of fused-ring (bicyclic) bond motifs is 1. The van der Waals surface area contributed by atoms with E-state index in [2.05, 4.69) is 13.8 Å². The van der Waals surface area contributed by atoms with E-state index in [4.69, 9.17) is 14.2 Å². The second-order valence-corrected chi connectivity index (χ2v) is 12.3. The standard InChI is InChI=1S/C33H57FO4S/c1-3-5-7-9-10-11-12-13-14-15-16-17-18-20-22-24-33(34,23-21-19-8-6-4-2)32(35)37-26-29-25-36-30-27-39-28-31(30)38-29/h27-29H,3-26H2,1-2H3. The second kappa shape index (κ2) is 21.4. The summed E-state index contributed by atoms with van der Waals surface area (Å²) in [5.41, 5.74) is -1.90. The molecule has 0 fully saturated rings. The first-order valence-corrected chi connectivity index (χ1v) is 17.2. The molecule has 2 rings (SSSR count). The number of hydrogen-bond acceptors (Lipinski definition) is 5. The number of unbranched alkanes of at least 4 members (excludes halogenated alkanes) is 18. The molecule has 0 N–H and O–H groups in total. The lowest BCUT2D eigenvalue weighted by atomic mass is 9.91. The van der Waals surface area contributed by atoms with Gasteiger partial charge < -0.3 is 14.2 Å². The quantitative estimate of drug-likeness (QED) is 0.0869. The second-order valence-electron chi connectivity index (χ2n) is 11.6. The van der Waals surface area contributed by atoms with Crippen LogP contribution in [0.5, 0.6) is 11.5 Å². The van der Waals surface area contributed by atoms with Gasteiger partial charge in [0.25, 0.3) is 0 Å². The fourth-order valence-electron chi connectivity index (χ4n) is 5.36. The highest BCUT2D eigenvalue weighted by molar-refractivity contribution is 7.08. The molecule has 6 heteroatoms. The van der Waals surface area contributed by atoms with Gasteiger partial charge in [-0.3, -0.25) is 0 Å². The Morgan fingerprint density at radius 2 is 1.21 bits per heavy atom. The third-order valence-corrected chi connectivity index (χ3v) is 8.63. The largest absolute Gasteiger partial charge is 0.485 e. The molecule has 0 aromatic carbocycles. The van der Waals surface area contributed by atoms with Crippen LogP contribution in [0.3, 0.4) is 0 Å². The fraction of sp³-hybridized carbons (Fsp3) is 0.848. The van der Waals surface area contributed by atoms with Crippen LogP contribution in [0.4, 0.5) is 4.39 Å². The van der Waals surface area contributed by atoms with E-state index in [0.717, 1.165) is 57.1 Å². The number of alkyl halides is 1. The Balaban J connectivity index is 1.59. The molecule has 1 aromatic heterocycles. The van der Waals surface area contributed by atoms with Crippen molar-refractivity contribution in [3.8, 4) is 11.5 Å². The Morgan fingerprint density at radius 3 is 1.69 bits per heavy atom. The lowest BCUT2D eigenvalue weighted by Crippen LogP contribution is -2.40. The van der Waals surface area contributed by atoms with Crippen LogP contribution in [0.25, 0.3) is 0 Å². The lowest BCUT2D eigenvalue weighted by Gasteiger charge is -2.27. The minimum atomic E-state index is -1.90. The first-order valence-electron chi connectivity index (χ1n) is 16.3. The van der Waals surface area contributed by atoms with Crippen molar-refractivity contribution in [2.24, 2.45) is 0 Å². The van der Waals surface area contributed by atoms with E-state index in [1.165, 1.54) is 88.4 Å². The van der Waals surface area contributed by atoms with Crippen LogP contribution >= 0.6 is 11.3 Å². The van der Waals surface area contributed by atoms with Gasteiger partial charge in [0.2, 0.25) is 5.67 Å². The zero-order chi connectivity index (χ0) is 28.0. The zero-order valence-electron chi connectivity index (χ0n) is 25.1. The monoisotopic (exact) mass is 568 g/mol. The summed E-state index contributed by atoms with van der Waals surface area (Å²) in [7, 11) is 0. The molecule has 2 atom stereocenters. The fourth-order valence-corrected chi connectivity index (χ4v) is 6.03. The van der Waals surface area contributed by atoms with Crippen LogP contribution in [0.15, 0.2) is 10.8 Å². The third-order valence-electron chi connectivity index (χ3n) is 7.93. The summed E-state index contributed by atoms with van der Waals surface area (Å²) in [5, 5.41) is 3.76. The highest BCUT2D eigenvalue weighted by Crippen LogP contribution is 2.35. The minimum absolute atomic E-state index is 0.0223. The Hall–Kier alpha value is -1.30. The number of halogens is 1. The van der Waals surface area contributed by atoms with Crippen LogP contribution in [0.2, 0.25) is 0 Å². The van der Waals surface area contributed by atoms with Gasteiger partial charge in [-0.1, -0.05) is 129 Å². The summed E-state index contributed by atoms with van der Waals surface area (Å²) >= 11 is 1.51. The molecule has 2 unspecified atom stereocenters. The summed E-state index contributed by atoms with van der Waals surface area (Å²) < 4.78 is 32.9. The average molecular weight is 569 g/mol. The topological polar surface area (TPSA) is 44.8 Å². The number of ether oxygens (including phenoxy) is 3. The third kappa shape index (κ3) is 14.8. The van der Waals surface area contributed by atoms with E-state index < -0.39 is 17.7 Å². The highest BCUT2D eigenvalue weighted by Gasteiger charge is 2.40. The van der Waals surface area contributed by atoms with Crippen LogP contribution in [0, 0.1) is 0 Å². The van der Waals surface area contributed by atoms with Gasteiger partial charge in [0.05, 0.1) is 0 Å². The Morgan fingerprint density at radius 1 is 0.769 bits per heavy atom. The van der Waals surface area contributed by atoms with E-state index in [1.807, 2.05) is 10.8 Å². The normalized spacial score (nSPS) is 16.2.